The first-order valence-electron chi connectivity index (χ1n) is 8.65. The number of para-hydroxylation sites is 1. The number of imidazole rings is 1. The van der Waals surface area contributed by atoms with Crippen LogP contribution in [0.2, 0.25) is 0 Å². The predicted octanol–water partition coefficient (Wildman–Crippen LogP) is 3.43. The predicted molar refractivity (Wildman–Crippen MR) is 104 cm³/mol. The number of aromatic nitrogens is 3. The number of methoxy groups -OCH3 is 1. The fourth-order valence-corrected chi connectivity index (χ4v) is 3.18. The van der Waals surface area contributed by atoms with Crippen LogP contribution in [-0.2, 0) is 7.05 Å². The van der Waals surface area contributed by atoms with Crippen molar-refractivity contribution in [3.63, 3.8) is 0 Å². The quantitative estimate of drug-likeness (QED) is 0.573. The van der Waals surface area contributed by atoms with Crippen molar-refractivity contribution in [2.45, 2.75) is 6.04 Å². The minimum absolute atomic E-state index is 0.193. The molecule has 1 amide bonds. The number of H-pyrrole nitrogens is 1. The summed E-state index contributed by atoms with van der Waals surface area (Å²) in [6.45, 7) is 0. The Kier molecular flexibility index (Phi) is 4.38. The molecular weight excluding hydrogens is 340 g/mol. The maximum atomic E-state index is 12.9. The summed E-state index contributed by atoms with van der Waals surface area (Å²) >= 11 is 0. The summed E-state index contributed by atoms with van der Waals surface area (Å²) in [7, 11) is 3.53. The van der Waals surface area contributed by atoms with Crippen LogP contribution in [0.25, 0.3) is 10.9 Å². The number of rotatable bonds is 5. The van der Waals surface area contributed by atoms with Gasteiger partial charge in [0.15, 0.2) is 0 Å². The van der Waals surface area contributed by atoms with E-state index in [1.165, 1.54) is 0 Å². The molecule has 2 N–H and O–H groups in total. The molecule has 2 aromatic heterocycles. The fourth-order valence-electron chi connectivity index (χ4n) is 3.18. The maximum Gasteiger partial charge on any atom is 0.268 e. The highest BCUT2D eigenvalue weighted by molar-refractivity contribution is 5.98. The summed E-state index contributed by atoms with van der Waals surface area (Å²) in [6, 6.07) is 16.9. The van der Waals surface area contributed by atoms with Gasteiger partial charge in [0, 0.05) is 30.3 Å². The van der Waals surface area contributed by atoms with E-state index in [1.807, 2.05) is 72.4 Å². The van der Waals surface area contributed by atoms with Crippen LogP contribution in [0.3, 0.4) is 0 Å². The molecule has 6 heteroatoms. The first-order valence-corrected chi connectivity index (χ1v) is 8.65. The van der Waals surface area contributed by atoms with Gasteiger partial charge in [0.25, 0.3) is 5.91 Å². The topological polar surface area (TPSA) is 71.9 Å². The zero-order valence-electron chi connectivity index (χ0n) is 15.1. The molecule has 136 valence electrons. The highest BCUT2D eigenvalue weighted by Gasteiger charge is 2.22. The third kappa shape index (κ3) is 3.29. The van der Waals surface area contributed by atoms with Gasteiger partial charge in [-0.2, -0.15) is 0 Å². The highest BCUT2D eigenvalue weighted by atomic mass is 16.5. The average molecular weight is 360 g/mol. The van der Waals surface area contributed by atoms with E-state index in [2.05, 4.69) is 15.3 Å². The summed E-state index contributed by atoms with van der Waals surface area (Å²) in [4.78, 5) is 20.6. The van der Waals surface area contributed by atoms with Crippen molar-refractivity contribution in [1.29, 1.82) is 0 Å². The summed E-state index contributed by atoms with van der Waals surface area (Å²) in [5, 5.41) is 4.09. The van der Waals surface area contributed by atoms with Gasteiger partial charge in [-0.25, -0.2) is 4.98 Å². The molecule has 27 heavy (non-hydrogen) atoms. The van der Waals surface area contributed by atoms with Gasteiger partial charge in [-0.15, -0.1) is 0 Å². The van der Waals surface area contributed by atoms with Crippen LogP contribution in [0.5, 0.6) is 5.75 Å². The lowest BCUT2D eigenvalue weighted by Crippen LogP contribution is -2.31. The van der Waals surface area contributed by atoms with Crippen LogP contribution < -0.4 is 10.1 Å². The van der Waals surface area contributed by atoms with Crippen LogP contribution in [0, 0.1) is 0 Å². The number of fused-ring (bicyclic) bond motifs is 1. The Bertz CT molecular complexity index is 1060. The zero-order valence-corrected chi connectivity index (χ0v) is 15.1. The Morgan fingerprint density at radius 1 is 1.19 bits per heavy atom. The molecule has 0 spiro atoms. The monoisotopic (exact) mass is 360 g/mol. The van der Waals surface area contributed by atoms with Crippen molar-refractivity contribution < 1.29 is 9.53 Å². The minimum Gasteiger partial charge on any atom is -0.497 e. The lowest BCUT2D eigenvalue weighted by Gasteiger charge is -2.19. The number of hydrogen-bond acceptors (Lipinski definition) is 3. The number of hydrogen-bond donors (Lipinski definition) is 2. The molecule has 1 atom stereocenters. The number of nitrogens with one attached hydrogen (secondary N) is 2. The molecule has 0 radical (unpaired) electrons. The van der Waals surface area contributed by atoms with Crippen LogP contribution >= 0.6 is 0 Å². The minimum atomic E-state index is -0.404. The largest absolute Gasteiger partial charge is 0.497 e. The van der Waals surface area contributed by atoms with Crippen LogP contribution in [0.1, 0.15) is 27.9 Å². The standard InChI is InChI=1S/C21H20N4O2/c1-25-11-10-22-20(25)19(15-7-5-8-16(12-15)27-2)24-21(26)18-13-14-6-3-4-9-17(14)23-18/h3-13,19,23H,1-2H3,(H,24,26)/t19-/m1/s1. The molecule has 0 saturated heterocycles. The molecule has 0 bridgehead atoms. The molecule has 4 rings (SSSR count). The Labute approximate surface area is 156 Å². The lowest BCUT2D eigenvalue weighted by atomic mass is 10.1. The molecule has 0 unspecified atom stereocenters. The summed E-state index contributed by atoms with van der Waals surface area (Å²) in [5.41, 5.74) is 2.34. The van der Waals surface area contributed by atoms with E-state index in [4.69, 9.17) is 4.74 Å². The number of nitrogens with zero attached hydrogens (tertiary/aromatic N) is 2. The van der Waals surface area contributed by atoms with Crippen LogP contribution in [0.15, 0.2) is 67.0 Å². The Morgan fingerprint density at radius 3 is 2.78 bits per heavy atom. The third-order valence-corrected chi connectivity index (χ3v) is 4.59. The third-order valence-electron chi connectivity index (χ3n) is 4.59. The van der Waals surface area contributed by atoms with Gasteiger partial charge >= 0.3 is 0 Å². The zero-order chi connectivity index (χ0) is 18.8. The van der Waals surface area contributed by atoms with Crippen molar-refractivity contribution in [3.8, 4) is 5.75 Å². The second kappa shape index (κ2) is 6.99. The smallest absolute Gasteiger partial charge is 0.268 e. The highest BCUT2D eigenvalue weighted by Crippen LogP contribution is 2.25. The van der Waals surface area contributed by atoms with E-state index >= 15 is 0 Å². The van der Waals surface area contributed by atoms with E-state index in [1.54, 1.807) is 13.3 Å². The number of aromatic amines is 1. The number of ether oxygens (including phenoxy) is 1. The van der Waals surface area contributed by atoms with Gasteiger partial charge in [0.05, 0.1) is 7.11 Å². The van der Waals surface area contributed by atoms with Gasteiger partial charge in [0.1, 0.15) is 23.3 Å². The Hall–Kier alpha value is -3.54. The maximum absolute atomic E-state index is 12.9. The summed E-state index contributed by atoms with van der Waals surface area (Å²) in [5.74, 6) is 1.28. The molecule has 2 heterocycles. The molecule has 0 aliphatic heterocycles. The first kappa shape index (κ1) is 16.9. The summed E-state index contributed by atoms with van der Waals surface area (Å²) in [6.07, 6.45) is 3.58. The van der Waals surface area contributed by atoms with Crippen molar-refractivity contribution in [2.24, 2.45) is 7.05 Å². The SMILES string of the molecule is COc1cccc([C@@H](NC(=O)c2cc3ccccc3[nH]2)c2nccn2C)c1. The van der Waals surface area contributed by atoms with Crippen molar-refractivity contribution in [3.05, 3.63) is 84.1 Å². The fraction of sp³-hybridized carbons (Fsp3) is 0.143. The second-order valence-corrected chi connectivity index (χ2v) is 6.35. The average Bonchev–Trinajstić information content (AvgIpc) is 3.32. The van der Waals surface area contributed by atoms with E-state index in [0.29, 0.717) is 5.69 Å². The number of amides is 1. The van der Waals surface area contributed by atoms with Gasteiger partial charge in [-0.3, -0.25) is 4.79 Å². The molecule has 4 aromatic rings. The van der Waals surface area contributed by atoms with E-state index in [9.17, 15) is 4.79 Å². The molecule has 0 saturated carbocycles. The van der Waals surface area contributed by atoms with Crippen LogP contribution in [0.4, 0.5) is 0 Å². The van der Waals surface area contributed by atoms with E-state index in [0.717, 1.165) is 28.0 Å². The normalized spacial score (nSPS) is 12.1. The summed E-state index contributed by atoms with van der Waals surface area (Å²) < 4.78 is 7.23. The van der Waals surface area contributed by atoms with Crippen molar-refractivity contribution >= 4 is 16.8 Å². The van der Waals surface area contributed by atoms with Gasteiger partial charge in [0.2, 0.25) is 0 Å². The van der Waals surface area contributed by atoms with Gasteiger partial charge in [-0.1, -0.05) is 30.3 Å². The van der Waals surface area contributed by atoms with Crippen molar-refractivity contribution in [1.82, 2.24) is 19.9 Å². The lowest BCUT2D eigenvalue weighted by molar-refractivity contribution is 0.0937. The number of aryl methyl sites for hydroxylation is 1. The second-order valence-electron chi connectivity index (χ2n) is 6.35. The van der Waals surface area contributed by atoms with E-state index < -0.39 is 6.04 Å². The van der Waals surface area contributed by atoms with Crippen molar-refractivity contribution in [2.75, 3.05) is 7.11 Å². The molecular formula is C21H20N4O2. The Morgan fingerprint density at radius 2 is 2.04 bits per heavy atom. The van der Waals surface area contributed by atoms with Gasteiger partial charge < -0.3 is 19.6 Å². The number of carbonyl (C=O) groups excluding carboxylic acids is 1. The molecule has 2 aromatic carbocycles. The van der Waals surface area contributed by atoms with Gasteiger partial charge in [-0.05, 0) is 29.8 Å². The molecule has 0 fully saturated rings. The first-order chi connectivity index (χ1) is 13.2. The molecule has 6 nitrogen and oxygen atoms in total. The van der Waals surface area contributed by atoms with Crippen LogP contribution in [-0.4, -0.2) is 27.6 Å². The molecule has 0 aliphatic carbocycles. The number of benzene rings is 2. The molecule has 0 aliphatic rings. The Balaban J connectivity index is 1.70. The van der Waals surface area contributed by atoms with E-state index in [-0.39, 0.29) is 5.91 Å². The number of carbonyl (C=O) groups is 1.